The highest BCUT2D eigenvalue weighted by Crippen LogP contribution is 2.42. The molecule has 6 rings (SSSR count). The van der Waals surface area contributed by atoms with Gasteiger partial charge in [-0.2, -0.15) is 16.8 Å². The molecule has 3 heterocycles. The molecule has 0 atom stereocenters. The number of hydrogen-bond donors (Lipinski definition) is 2. The second-order valence-corrected chi connectivity index (χ2v) is 12.9. The molecule has 37 heavy (non-hydrogen) atoms. The molecule has 0 saturated carbocycles. The molecule has 3 aliphatic heterocycles. The Kier molecular flexibility index (Phi) is 5.63. The van der Waals surface area contributed by atoms with E-state index in [1.165, 1.54) is 18.2 Å². The van der Waals surface area contributed by atoms with Crippen molar-refractivity contribution >= 4 is 41.7 Å². The zero-order valence-electron chi connectivity index (χ0n) is 19.2. The predicted molar refractivity (Wildman–Crippen MR) is 135 cm³/mol. The molecule has 0 fully saturated rings. The molecular formula is C25H20BrFNO7S2+. The Hall–Kier alpha value is -2.64. The SMILES string of the molecule is O=S(=O)(O)c1ccc(C2=c3cc4c5c(c3Oc3cc(Br)c(F)cc32)CCC[N+]=5CCC4)c(S(=O)(=O)O)c1. The maximum absolute atomic E-state index is 14.8. The number of nitrogens with zero attached hydrogens (tertiary/aromatic N) is 1. The van der Waals surface area contributed by atoms with Crippen LogP contribution in [0.5, 0.6) is 11.5 Å². The van der Waals surface area contributed by atoms with Gasteiger partial charge >= 0.3 is 0 Å². The van der Waals surface area contributed by atoms with Gasteiger partial charge in [0.2, 0.25) is 5.36 Å². The lowest BCUT2D eigenvalue weighted by Crippen LogP contribution is -2.45. The van der Waals surface area contributed by atoms with Gasteiger partial charge in [-0.25, -0.2) is 8.97 Å². The van der Waals surface area contributed by atoms with Crippen LogP contribution in [0.3, 0.4) is 0 Å². The number of rotatable bonds is 3. The van der Waals surface area contributed by atoms with Crippen LogP contribution < -0.4 is 19.9 Å². The number of benzene rings is 3. The highest BCUT2D eigenvalue weighted by molar-refractivity contribution is 9.10. The maximum atomic E-state index is 14.8. The van der Waals surface area contributed by atoms with Gasteiger partial charge in [0.25, 0.3) is 20.2 Å². The van der Waals surface area contributed by atoms with E-state index >= 15 is 0 Å². The Morgan fingerprint density at radius 3 is 2.35 bits per heavy atom. The van der Waals surface area contributed by atoms with E-state index in [4.69, 9.17) is 4.74 Å². The number of fused-ring (bicyclic) bond motifs is 3. The summed E-state index contributed by atoms with van der Waals surface area (Å²) in [7, 11) is -9.74. The number of aryl methyl sites for hydroxylation is 1. The topological polar surface area (TPSA) is 121 Å². The summed E-state index contributed by atoms with van der Waals surface area (Å²) in [5.74, 6) is 0.184. The minimum atomic E-state index is -4.97. The monoisotopic (exact) mass is 608 g/mol. The van der Waals surface area contributed by atoms with Gasteiger partial charge in [0.05, 0.1) is 14.9 Å². The van der Waals surface area contributed by atoms with Gasteiger partial charge in [-0.05, 0) is 59.1 Å². The summed E-state index contributed by atoms with van der Waals surface area (Å²) >= 11 is 3.18. The summed E-state index contributed by atoms with van der Waals surface area (Å²) in [6.07, 6.45) is 3.38. The Balaban J connectivity index is 1.82. The molecule has 3 aromatic rings. The maximum Gasteiger partial charge on any atom is 0.295 e. The van der Waals surface area contributed by atoms with Crippen LogP contribution in [0, 0.1) is 5.82 Å². The van der Waals surface area contributed by atoms with E-state index in [-0.39, 0.29) is 26.9 Å². The molecule has 8 nitrogen and oxygen atoms in total. The zero-order chi connectivity index (χ0) is 26.3. The van der Waals surface area contributed by atoms with Gasteiger partial charge in [0, 0.05) is 40.3 Å². The molecule has 0 saturated heterocycles. The molecule has 0 aliphatic carbocycles. The molecule has 0 aromatic heterocycles. The average molecular weight is 609 g/mol. The second kappa shape index (κ2) is 8.43. The molecule has 0 bridgehead atoms. The fourth-order valence-electron chi connectivity index (χ4n) is 5.57. The summed E-state index contributed by atoms with van der Waals surface area (Å²) in [5, 5.41) is 1.63. The largest absolute Gasteiger partial charge is 0.455 e. The first kappa shape index (κ1) is 24.7. The third-order valence-electron chi connectivity index (χ3n) is 7.04. The lowest BCUT2D eigenvalue weighted by molar-refractivity contribution is 0.435. The van der Waals surface area contributed by atoms with Gasteiger partial charge < -0.3 is 4.74 Å². The van der Waals surface area contributed by atoms with Crippen molar-refractivity contribution in [3.05, 3.63) is 79.5 Å². The van der Waals surface area contributed by atoms with Crippen molar-refractivity contribution in [1.82, 2.24) is 4.58 Å². The first-order valence-corrected chi connectivity index (χ1v) is 15.2. The standard InChI is InChI=1S/C25H19BrFNO7S2/c26-19-12-21-17(11-20(19)27)23(15-6-5-14(36(29,30)31)10-22(15)37(32,33)34)18-9-13-3-1-7-28-8-2-4-16(24(13)28)25(18)35-21/h5-6,9-12H,1-4,7-8H2,(H-,29,30,31,32,33,34)/p+1. The summed E-state index contributed by atoms with van der Waals surface area (Å²) in [5.41, 5.74) is 2.51. The van der Waals surface area contributed by atoms with Crippen LogP contribution in [-0.4, -0.2) is 39.0 Å². The molecule has 0 amide bonds. The number of ether oxygens (including phenoxy) is 1. The van der Waals surface area contributed by atoms with E-state index in [0.29, 0.717) is 17.0 Å². The normalized spacial score (nSPS) is 16.5. The van der Waals surface area contributed by atoms with Crippen LogP contribution >= 0.6 is 15.9 Å². The Bertz CT molecular complexity index is 1880. The Morgan fingerprint density at radius 2 is 1.65 bits per heavy atom. The minimum Gasteiger partial charge on any atom is -0.455 e. The molecule has 3 aromatic carbocycles. The fourth-order valence-corrected chi connectivity index (χ4v) is 7.20. The van der Waals surface area contributed by atoms with Gasteiger partial charge in [0.15, 0.2) is 0 Å². The van der Waals surface area contributed by atoms with Gasteiger partial charge in [-0.1, -0.05) is 6.07 Å². The predicted octanol–water partition coefficient (Wildman–Crippen LogP) is 2.82. The molecule has 3 aliphatic rings. The van der Waals surface area contributed by atoms with Crippen LogP contribution in [0.25, 0.3) is 5.57 Å². The molecule has 0 spiro atoms. The fraction of sp³-hybridized carbons (Fsp3) is 0.240. The van der Waals surface area contributed by atoms with Crippen molar-refractivity contribution in [2.45, 2.75) is 35.5 Å². The zero-order valence-corrected chi connectivity index (χ0v) is 22.4. The molecule has 192 valence electrons. The Morgan fingerprint density at radius 1 is 0.919 bits per heavy atom. The van der Waals surface area contributed by atoms with Crippen molar-refractivity contribution in [3.8, 4) is 11.5 Å². The van der Waals surface area contributed by atoms with E-state index in [1.54, 1.807) is 0 Å². The molecule has 12 heteroatoms. The lowest BCUT2D eigenvalue weighted by Gasteiger charge is -2.27. The van der Waals surface area contributed by atoms with Crippen molar-refractivity contribution < 1.29 is 35.1 Å². The number of hydrogen-bond acceptors (Lipinski definition) is 5. The summed E-state index contributed by atoms with van der Waals surface area (Å²) in [6.45, 7) is 1.85. The summed E-state index contributed by atoms with van der Waals surface area (Å²) in [4.78, 5) is -1.43. The molecule has 2 N–H and O–H groups in total. The van der Waals surface area contributed by atoms with Crippen molar-refractivity contribution in [2.24, 2.45) is 0 Å². The molecule has 0 unspecified atom stereocenters. The van der Waals surface area contributed by atoms with Crippen LogP contribution in [0.2, 0.25) is 0 Å². The van der Waals surface area contributed by atoms with Crippen molar-refractivity contribution in [2.75, 3.05) is 13.1 Å². The van der Waals surface area contributed by atoms with E-state index in [2.05, 4.69) is 20.5 Å². The van der Waals surface area contributed by atoms with Crippen LogP contribution in [0.1, 0.15) is 35.1 Å². The minimum absolute atomic E-state index is 0.0435. The first-order chi connectivity index (χ1) is 17.4. The van der Waals surface area contributed by atoms with E-state index < -0.39 is 35.8 Å². The Labute approximate surface area is 220 Å². The number of halogens is 2. The average Bonchev–Trinajstić information content (AvgIpc) is 2.83. The first-order valence-electron chi connectivity index (χ1n) is 11.5. The van der Waals surface area contributed by atoms with Crippen LogP contribution in [0.4, 0.5) is 4.39 Å². The van der Waals surface area contributed by atoms with Gasteiger partial charge in [0.1, 0.15) is 35.3 Å². The quantitative estimate of drug-likeness (QED) is 0.271. The van der Waals surface area contributed by atoms with E-state index in [1.807, 2.05) is 6.07 Å². The summed E-state index contributed by atoms with van der Waals surface area (Å²) in [6, 6.07) is 7.51. The molecular weight excluding hydrogens is 589 g/mol. The van der Waals surface area contributed by atoms with Crippen molar-refractivity contribution in [3.63, 3.8) is 0 Å². The van der Waals surface area contributed by atoms with Gasteiger partial charge in [-0.15, -0.1) is 0 Å². The second-order valence-electron chi connectivity index (χ2n) is 9.28. The lowest BCUT2D eigenvalue weighted by atomic mass is 9.87. The summed E-state index contributed by atoms with van der Waals surface area (Å²) < 4.78 is 91.7. The third kappa shape index (κ3) is 4.02. The van der Waals surface area contributed by atoms with E-state index in [9.17, 15) is 30.3 Å². The van der Waals surface area contributed by atoms with Gasteiger partial charge in [-0.3, -0.25) is 9.11 Å². The highest BCUT2D eigenvalue weighted by Gasteiger charge is 2.33. The highest BCUT2D eigenvalue weighted by atomic mass is 79.9. The third-order valence-corrected chi connectivity index (χ3v) is 9.39. The van der Waals surface area contributed by atoms with Crippen LogP contribution in [-0.2, 0) is 33.1 Å². The van der Waals surface area contributed by atoms with E-state index in [0.717, 1.165) is 61.3 Å². The van der Waals surface area contributed by atoms with Crippen molar-refractivity contribution in [1.29, 1.82) is 0 Å². The van der Waals surface area contributed by atoms with Crippen LogP contribution in [0.15, 0.2) is 50.7 Å². The molecule has 0 radical (unpaired) electrons. The smallest absolute Gasteiger partial charge is 0.295 e.